The second-order valence-corrected chi connectivity index (χ2v) is 7.44. The van der Waals surface area contributed by atoms with Gasteiger partial charge in [0.25, 0.3) is 0 Å². The summed E-state index contributed by atoms with van der Waals surface area (Å²) in [6.07, 6.45) is 4.62. The SMILES string of the molecule is CC(C)CC(C)OCC(O)CNC1CCC(C)(C)C1. The molecule has 0 amide bonds. The lowest BCUT2D eigenvalue weighted by atomic mass is 9.92. The Morgan fingerprint density at radius 3 is 2.53 bits per heavy atom. The number of aliphatic hydroxyl groups is 1. The van der Waals surface area contributed by atoms with Crippen molar-refractivity contribution in [3.63, 3.8) is 0 Å². The van der Waals surface area contributed by atoms with E-state index < -0.39 is 6.10 Å². The van der Waals surface area contributed by atoms with Gasteiger partial charge in [-0.2, -0.15) is 0 Å². The minimum Gasteiger partial charge on any atom is -0.389 e. The number of ether oxygens (including phenoxy) is 1. The lowest BCUT2D eigenvalue weighted by molar-refractivity contribution is -0.00928. The minimum atomic E-state index is -0.390. The van der Waals surface area contributed by atoms with Crippen LogP contribution in [-0.4, -0.2) is 36.5 Å². The van der Waals surface area contributed by atoms with Crippen molar-refractivity contribution in [2.45, 2.75) is 78.6 Å². The summed E-state index contributed by atoms with van der Waals surface area (Å²) in [4.78, 5) is 0. The standard InChI is InChI=1S/C16H33NO2/c1-12(2)8-13(3)19-11-15(18)10-17-14-6-7-16(4,5)9-14/h12-15,17-18H,6-11H2,1-5H3. The van der Waals surface area contributed by atoms with Crippen molar-refractivity contribution >= 4 is 0 Å². The van der Waals surface area contributed by atoms with Crippen LogP contribution in [0.1, 0.15) is 60.3 Å². The van der Waals surface area contributed by atoms with Crippen LogP contribution < -0.4 is 5.32 Å². The monoisotopic (exact) mass is 271 g/mol. The van der Waals surface area contributed by atoms with Crippen LogP contribution in [0.15, 0.2) is 0 Å². The van der Waals surface area contributed by atoms with Gasteiger partial charge in [0.1, 0.15) is 0 Å². The van der Waals surface area contributed by atoms with Gasteiger partial charge in [-0.1, -0.05) is 27.7 Å². The average Bonchev–Trinajstić information content (AvgIpc) is 2.63. The van der Waals surface area contributed by atoms with Crippen molar-refractivity contribution in [1.29, 1.82) is 0 Å². The van der Waals surface area contributed by atoms with Crippen LogP contribution in [0.3, 0.4) is 0 Å². The first-order valence-corrected chi connectivity index (χ1v) is 7.81. The molecule has 0 aromatic heterocycles. The van der Waals surface area contributed by atoms with Crippen LogP contribution >= 0.6 is 0 Å². The topological polar surface area (TPSA) is 41.5 Å². The van der Waals surface area contributed by atoms with E-state index in [0.29, 0.717) is 30.5 Å². The van der Waals surface area contributed by atoms with Crippen LogP contribution in [-0.2, 0) is 4.74 Å². The number of hydrogen-bond acceptors (Lipinski definition) is 3. The van der Waals surface area contributed by atoms with E-state index in [0.717, 1.165) is 6.42 Å². The van der Waals surface area contributed by atoms with Gasteiger partial charge in [-0.05, 0) is 43.9 Å². The molecule has 0 heterocycles. The van der Waals surface area contributed by atoms with Gasteiger partial charge >= 0.3 is 0 Å². The molecule has 2 N–H and O–H groups in total. The maximum Gasteiger partial charge on any atom is 0.0897 e. The van der Waals surface area contributed by atoms with E-state index in [4.69, 9.17) is 4.74 Å². The third-order valence-corrected chi connectivity index (χ3v) is 3.99. The molecule has 1 fully saturated rings. The highest BCUT2D eigenvalue weighted by atomic mass is 16.5. The smallest absolute Gasteiger partial charge is 0.0897 e. The van der Waals surface area contributed by atoms with Crippen LogP contribution in [0.2, 0.25) is 0 Å². The largest absolute Gasteiger partial charge is 0.389 e. The highest BCUT2D eigenvalue weighted by Gasteiger charge is 2.30. The molecule has 0 aromatic carbocycles. The molecule has 0 spiro atoms. The molecule has 0 aromatic rings. The Morgan fingerprint density at radius 1 is 1.32 bits per heavy atom. The molecule has 3 unspecified atom stereocenters. The molecule has 0 bridgehead atoms. The zero-order valence-electron chi connectivity index (χ0n) is 13.4. The number of aliphatic hydroxyl groups excluding tert-OH is 1. The molecule has 3 heteroatoms. The van der Waals surface area contributed by atoms with Crippen molar-refractivity contribution in [2.24, 2.45) is 11.3 Å². The summed E-state index contributed by atoms with van der Waals surface area (Å²) < 4.78 is 5.68. The van der Waals surface area contributed by atoms with Gasteiger partial charge in [-0.25, -0.2) is 0 Å². The lowest BCUT2D eigenvalue weighted by Gasteiger charge is -2.21. The predicted molar refractivity (Wildman–Crippen MR) is 80.3 cm³/mol. The molecule has 3 atom stereocenters. The molecule has 0 saturated heterocycles. The van der Waals surface area contributed by atoms with E-state index in [-0.39, 0.29) is 6.10 Å². The third kappa shape index (κ3) is 7.28. The number of nitrogens with one attached hydrogen (secondary N) is 1. The first-order chi connectivity index (χ1) is 8.78. The lowest BCUT2D eigenvalue weighted by Crippen LogP contribution is -2.37. The van der Waals surface area contributed by atoms with Crippen LogP contribution in [0.5, 0.6) is 0 Å². The van der Waals surface area contributed by atoms with Crippen molar-refractivity contribution in [1.82, 2.24) is 5.32 Å². The van der Waals surface area contributed by atoms with Crippen molar-refractivity contribution in [2.75, 3.05) is 13.2 Å². The molecule has 1 aliphatic rings. The summed E-state index contributed by atoms with van der Waals surface area (Å²) in [6.45, 7) is 12.2. The van der Waals surface area contributed by atoms with Crippen molar-refractivity contribution in [3.8, 4) is 0 Å². The molecule has 114 valence electrons. The van der Waals surface area contributed by atoms with Gasteiger partial charge in [-0.3, -0.25) is 0 Å². The van der Waals surface area contributed by atoms with Gasteiger partial charge < -0.3 is 15.2 Å². The van der Waals surface area contributed by atoms with Crippen LogP contribution in [0.4, 0.5) is 0 Å². The Hall–Kier alpha value is -0.120. The van der Waals surface area contributed by atoms with Crippen LogP contribution in [0, 0.1) is 11.3 Å². The van der Waals surface area contributed by atoms with E-state index in [1.807, 2.05) is 0 Å². The molecule has 3 nitrogen and oxygen atoms in total. The Bertz CT molecular complexity index is 253. The summed E-state index contributed by atoms with van der Waals surface area (Å²) in [5.41, 5.74) is 0.463. The van der Waals surface area contributed by atoms with Crippen LogP contribution in [0.25, 0.3) is 0 Å². The second kappa shape index (κ2) is 7.61. The van der Waals surface area contributed by atoms with Gasteiger partial charge in [0.05, 0.1) is 18.8 Å². The Morgan fingerprint density at radius 2 is 2.00 bits per heavy atom. The summed E-state index contributed by atoms with van der Waals surface area (Å²) in [5.74, 6) is 0.644. The fourth-order valence-electron chi connectivity index (χ4n) is 2.98. The highest BCUT2D eigenvalue weighted by molar-refractivity contribution is 4.86. The summed E-state index contributed by atoms with van der Waals surface area (Å²) >= 11 is 0. The normalized spacial score (nSPS) is 25.7. The fourth-order valence-corrected chi connectivity index (χ4v) is 2.98. The first kappa shape index (κ1) is 16.9. The Balaban J connectivity index is 2.10. The predicted octanol–water partition coefficient (Wildman–Crippen LogP) is 2.97. The zero-order chi connectivity index (χ0) is 14.5. The number of rotatable bonds is 8. The maximum atomic E-state index is 9.94. The van der Waals surface area contributed by atoms with Crippen molar-refractivity contribution < 1.29 is 9.84 Å². The van der Waals surface area contributed by atoms with Gasteiger partial charge in [0.2, 0.25) is 0 Å². The van der Waals surface area contributed by atoms with E-state index in [2.05, 4.69) is 39.9 Å². The first-order valence-electron chi connectivity index (χ1n) is 7.81. The molecule has 1 saturated carbocycles. The highest BCUT2D eigenvalue weighted by Crippen LogP contribution is 2.36. The maximum absolute atomic E-state index is 9.94. The Labute approximate surface area is 119 Å². The summed E-state index contributed by atoms with van der Waals surface area (Å²) in [5, 5.41) is 13.4. The van der Waals surface area contributed by atoms with E-state index in [1.54, 1.807) is 0 Å². The molecule has 1 aliphatic carbocycles. The molecular weight excluding hydrogens is 238 g/mol. The third-order valence-electron chi connectivity index (χ3n) is 3.99. The van der Waals surface area contributed by atoms with Gasteiger partial charge in [0, 0.05) is 12.6 Å². The average molecular weight is 271 g/mol. The van der Waals surface area contributed by atoms with E-state index >= 15 is 0 Å². The number of hydrogen-bond donors (Lipinski definition) is 2. The summed E-state index contributed by atoms with van der Waals surface area (Å²) in [6, 6.07) is 0.567. The summed E-state index contributed by atoms with van der Waals surface area (Å²) in [7, 11) is 0. The minimum absolute atomic E-state index is 0.236. The van der Waals surface area contributed by atoms with E-state index in [1.165, 1.54) is 19.3 Å². The second-order valence-electron chi connectivity index (χ2n) is 7.44. The van der Waals surface area contributed by atoms with E-state index in [9.17, 15) is 5.11 Å². The molecule has 0 aliphatic heterocycles. The van der Waals surface area contributed by atoms with Gasteiger partial charge in [0.15, 0.2) is 0 Å². The quantitative estimate of drug-likeness (QED) is 0.713. The molecular formula is C16H33NO2. The van der Waals surface area contributed by atoms with Crippen molar-refractivity contribution in [3.05, 3.63) is 0 Å². The zero-order valence-corrected chi connectivity index (χ0v) is 13.4. The molecule has 19 heavy (non-hydrogen) atoms. The molecule has 0 radical (unpaired) electrons. The molecule has 1 rings (SSSR count). The Kier molecular flexibility index (Phi) is 6.78. The van der Waals surface area contributed by atoms with Gasteiger partial charge in [-0.15, -0.1) is 0 Å². The fraction of sp³-hybridized carbons (Fsp3) is 1.00.